The number of anilines is 4. The number of nitrogens with zero attached hydrogens (tertiary/aromatic N) is 7. The lowest BCUT2D eigenvalue weighted by Crippen LogP contribution is -2.41. The molecule has 1 saturated heterocycles. The van der Waals surface area contributed by atoms with Gasteiger partial charge in [0.1, 0.15) is 30.0 Å². The molecular formula is C36H43BrN9O3P. The summed E-state index contributed by atoms with van der Waals surface area (Å²) in [5.41, 5.74) is 4.88. The molecule has 0 radical (unpaired) electrons. The molecule has 0 atom stereocenters. The van der Waals surface area contributed by atoms with E-state index in [-0.39, 0.29) is 6.10 Å². The van der Waals surface area contributed by atoms with Crippen LogP contribution in [0, 0.1) is 5.41 Å². The first-order chi connectivity index (χ1) is 24.0. The van der Waals surface area contributed by atoms with E-state index in [2.05, 4.69) is 58.6 Å². The number of aromatic nitrogens is 6. The van der Waals surface area contributed by atoms with Crippen LogP contribution in [0.1, 0.15) is 38.5 Å². The van der Waals surface area contributed by atoms with E-state index >= 15 is 0 Å². The summed E-state index contributed by atoms with van der Waals surface area (Å²) in [6.07, 6.45) is 15.9. The van der Waals surface area contributed by atoms with Gasteiger partial charge >= 0.3 is 0 Å². The van der Waals surface area contributed by atoms with Gasteiger partial charge in [0.05, 0.1) is 46.1 Å². The molecule has 0 unspecified atom stereocenters. The molecule has 2 aromatic carbocycles. The zero-order chi connectivity index (χ0) is 35.0. The van der Waals surface area contributed by atoms with Crippen molar-refractivity contribution in [1.29, 1.82) is 0 Å². The second kappa shape index (κ2) is 13.9. The Morgan fingerprint density at radius 2 is 1.70 bits per heavy atom. The molecule has 14 heteroatoms. The minimum absolute atomic E-state index is 0.134. The lowest BCUT2D eigenvalue weighted by molar-refractivity contribution is 0.0328. The van der Waals surface area contributed by atoms with Gasteiger partial charge in [-0.15, -0.1) is 0 Å². The zero-order valence-corrected chi connectivity index (χ0v) is 31.6. The molecule has 5 aromatic rings. The fourth-order valence-corrected chi connectivity index (χ4v) is 8.92. The van der Waals surface area contributed by atoms with Crippen molar-refractivity contribution < 1.29 is 14.0 Å². The van der Waals surface area contributed by atoms with Crippen molar-refractivity contribution in [2.24, 2.45) is 12.5 Å². The number of ether oxygens (including phenoxy) is 2. The molecule has 4 heterocycles. The van der Waals surface area contributed by atoms with Gasteiger partial charge in [-0.2, -0.15) is 10.1 Å². The number of piperidine rings is 1. The van der Waals surface area contributed by atoms with E-state index in [4.69, 9.17) is 14.5 Å². The van der Waals surface area contributed by atoms with E-state index in [0.717, 1.165) is 29.7 Å². The molecule has 2 fully saturated rings. The summed E-state index contributed by atoms with van der Waals surface area (Å²) in [5, 5.41) is 11.8. The molecule has 262 valence electrons. The Labute approximate surface area is 300 Å². The van der Waals surface area contributed by atoms with E-state index in [1.165, 1.54) is 38.8 Å². The standard InChI is InChI=1S/C36H43BrN9O3P/c1-45-16-12-36(13-17-45)10-8-24(9-11-36)49-30-19-31(48-3)29(18-25(30)23-20-41-46(2)22-23)43-35-40-21-26(37)34(44-35)42-28-7-6-27-32(39-15-14-38-27)33(28)50(4,5)47/h6-7,14-15,18-22,24H,8-13,16-17H2,1-5H3,(H2,40,42,43,44). The van der Waals surface area contributed by atoms with E-state index < -0.39 is 7.14 Å². The Morgan fingerprint density at radius 1 is 0.940 bits per heavy atom. The largest absolute Gasteiger partial charge is 0.494 e. The highest BCUT2D eigenvalue weighted by Crippen LogP contribution is 2.47. The smallest absolute Gasteiger partial charge is 0.229 e. The molecule has 12 nitrogen and oxygen atoms in total. The fraction of sp³-hybridized carbons (Fsp3) is 0.417. The Balaban J connectivity index is 1.17. The zero-order valence-electron chi connectivity index (χ0n) is 29.1. The maximum Gasteiger partial charge on any atom is 0.229 e. The second-order valence-corrected chi connectivity index (χ2v) is 18.0. The van der Waals surface area contributed by atoms with Crippen molar-refractivity contribution in [2.45, 2.75) is 44.6 Å². The first-order valence-electron chi connectivity index (χ1n) is 16.9. The average Bonchev–Trinajstić information content (AvgIpc) is 3.54. The highest BCUT2D eigenvalue weighted by atomic mass is 79.9. The summed E-state index contributed by atoms with van der Waals surface area (Å²) >= 11 is 3.59. The van der Waals surface area contributed by atoms with Gasteiger partial charge in [0.25, 0.3) is 0 Å². The number of fused-ring (bicyclic) bond motifs is 1. The third kappa shape index (κ3) is 7.22. The topological polar surface area (TPSA) is 132 Å². The predicted octanol–water partition coefficient (Wildman–Crippen LogP) is 7.36. The summed E-state index contributed by atoms with van der Waals surface area (Å²) in [6.45, 7) is 5.81. The fourth-order valence-electron chi connectivity index (χ4n) is 7.24. The van der Waals surface area contributed by atoms with Crippen LogP contribution in [0.4, 0.5) is 23.1 Å². The molecule has 2 aliphatic rings. The van der Waals surface area contributed by atoms with Gasteiger partial charge in [-0.3, -0.25) is 14.6 Å². The molecule has 1 spiro atoms. The maximum absolute atomic E-state index is 13.5. The Hall–Kier alpha value is -4.06. The molecule has 3 aromatic heterocycles. The lowest BCUT2D eigenvalue weighted by atomic mass is 9.67. The Bertz CT molecular complexity index is 2070. The maximum atomic E-state index is 13.5. The van der Waals surface area contributed by atoms with Crippen LogP contribution in [-0.2, 0) is 11.6 Å². The van der Waals surface area contributed by atoms with E-state index in [1.54, 1.807) is 43.7 Å². The lowest BCUT2D eigenvalue weighted by Gasteiger charge is -2.45. The highest BCUT2D eigenvalue weighted by Gasteiger charge is 2.38. The van der Waals surface area contributed by atoms with E-state index in [0.29, 0.717) is 55.1 Å². The van der Waals surface area contributed by atoms with Crippen LogP contribution in [0.3, 0.4) is 0 Å². The summed E-state index contributed by atoms with van der Waals surface area (Å²) in [5.74, 6) is 2.20. The molecule has 1 aliphatic carbocycles. The van der Waals surface area contributed by atoms with Crippen LogP contribution in [0.5, 0.6) is 11.5 Å². The van der Waals surface area contributed by atoms with Gasteiger partial charge < -0.3 is 29.6 Å². The van der Waals surface area contributed by atoms with Crippen LogP contribution >= 0.6 is 23.1 Å². The van der Waals surface area contributed by atoms with Crippen LogP contribution in [0.2, 0.25) is 0 Å². The van der Waals surface area contributed by atoms with Gasteiger partial charge in [0, 0.05) is 49.0 Å². The average molecular weight is 761 g/mol. The number of methoxy groups -OCH3 is 1. The number of benzene rings is 2. The molecule has 50 heavy (non-hydrogen) atoms. The number of hydrogen-bond donors (Lipinski definition) is 2. The molecule has 0 amide bonds. The van der Waals surface area contributed by atoms with Gasteiger partial charge in [0.15, 0.2) is 0 Å². The first-order valence-corrected chi connectivity index (χ1v) is 20.3. The highest BCUT2D eigenvalue weighted by molar-refractivity contribution is 9.10. The number of halogens is 1. The number of nitrogens with one attached hydrogen (secondary N) is 2. The third-order valence-corrected chi connectivity index (χ3v) is 12.2. The van der Waals surface area contributed by atoms with Crippen molar-refractivity contribution in [3.05, 3.63) is 59.7 Å². The van der Waals surface area contributed by atoms with Crippen molar-refractivity contribution in [3.8, 4) is 22.6 Å². The predicted molar refractivity (Wildman–Crippen MR) is 202 cm³/mol. The summed E-state index contributed by atoms with van der Waals surface area (Å²) in [7, 11) is 3.00. The quantitative estimate of drug-likeness (QED) is 0.146. The monoisotopic (exact) mass is 759 g/mol. The van der Waals surface area contributed by atoms with Crippen LogP contribution in [0.25, 0.3) is 22.2 Å². The van der Waals surface area contributed by atoms with E-state index in [9.17, 15) is 4.57 Å². The van der Waals surface area contributed by atoms with Crippen molar-refractivity contribution >= 4 is 62.6 Å². The van der Waals surface area contributed by atoms with Crippen molar-refractivity contribution in [3.63, 3.8) is 0 Å². The minimum Gasteiger partial charge on any atom is -0.494 e. The van der Waals surface area contributed by atoms with Crippen molar-refractivity contribution in [1.82, 2.24) is 34.6 Å². The molecule has 0 bridgehead atoms. The van der Waals surface area contributed by atoms with Crippen molar-refractivity contribution in [2.75, 3.05) is 51.2 Å². The Morgan fingerprint density at radius 3 is 2.40 bits per heavy atom. The number of rotatable bonds is 9. The van der Waals surface area contributed by atoms with Crippen LogP contribution in [-0.4, -0.2) is 81.3 Å². The van der Waals surface area contributed by atoms with E-state index in [1.807, 2.05) is 43.7 Å². The number of hydrogen-bond acceptors (Lipinski definition) is 11. The second-order valence-electron chi connectivity index (χ2n) is 13.9. The van der Waals surface area contributed by atoms with Gasteiger partial charge in [0.2, 0.25) is 5.95 Å². The summed E-state index contributed by atoms with van der Waals surface area (Å²) < 4.78 is 28.6. The molecule has 7 rings (SSSR count). The van der Waals surface area contributed by atoms with Crippen LogP contribution < -0.4 is 25.4 Å². The van der Waals surface area contributed by atoms with Crippen LogP contribution in [0.15, 0.2) is 59.7 Å². The molecule has 1 saturated carbocycles. The molecular weight excluding hydrogens is 717 g/mol. The SMILES string of the molecule is COc1cc(OC2CCC3(CC2)CCN(C)CC3)c(-c2cnn(C)c2)cc1Nc1ncc(Br)c(Nc2ccc3nccnc3c2P(C)(C)=O)n1. The van der Waals surface area contributed by atoms with Gasteiger partial charge in [-0.05, 0) is 112 Å². The summed E-state index contributed by atoms with van der Waals surface area (Å²) in [6, 6.07) is 7.67. The number of likely N-dealkylation sites (tertiary alicyclic amines) is 1. The van der Waals surface area contributed by atoms with Gasteiger partial charge in [-0.1, -0.05) is 0 Å². The molecule has 2 N–H and O–H groups in total. The Kier molecular flexibility index (Phi) is 9.58. The number of aryl methyl sites for hydroxylation is 1. The summed E-state index contributed by atoms with van der Waals surface area (Å²) in [4.78, 5) is 20.7. The third-order valence-electron chi connectivity index (χ3n) is 10.0. The minimum atomic E-state index is -2.77. The molecule has 1 aliphatic heterocycles. The first kappa shape index (κ1) is 34.4. The normalized spacial score (nSPS) is 16.8. The van der Waals surface area contributed by atoms with Gasteiger partial charge in [-0.25, -0.2) is 4.98 Å².